The van der Waals surface area contributed by atoms with Crippen LogP contribution in [0.3, 0.4) is 0 Å². The summed E-state index contributed by atoms with van der Waals surface area (Å²) in [5, 5.41) is 7.41. The van der Waals surface area contributed by atoms with Crippen LogP contribution in [0, 0.1) is 13.8 Å². The van der Waals surface area contributed by atoms with Crippen LogP contribution in [0.2, 0.25) is 0 Å². The topological polar surface area (TPSA) is 29.9 Å². The van der Waals surface area contributed by atoms with Crippen molar-refractivity contribution in [1.82, 2.24) is 9.78 Å². The molecule has 1 unspecified atom stereocenters. The summed E-state index contributed by atoms with van der Waals surface area (Å²) in [4.78, 5) is 0. The van der Waals surface area contributed by atoms with Crippen molar-refractivity contribution in [2.75, 3.05) is 5.32 Å². The van der Waals surface area contributed by atoms with E-state index in [1.54, 1.807) is 17.7 Å². The summed E-state index contributed by atoms with van der Waals surface area (Å²) < 4.78 is 40.9. The molecule has 0 bridgehead atoms. The molecule has 1 aromatic carbocycles. The molecule has 3 nitrogen and oxygen atoms in total. The number of halogens is 3. The van der Waals surface area contributed by atoms with E-state index in [0.717, 1.165) is 23.1 Å². The maximum Gasteiger partial charge on any atom is 0.416 e. The summed E-state index contributed by atoms with van der Waals surface area (Å²) in [5.41, 5.74) is 2.06. The second-order valence-corrected chi connectivity index (χ2v) is 5.12. The van der Waals surface area contributed by atoms with Crippen LogP contribution >= 0.6 is 0 Å². The molecule has 0 aliphatic heterocycles. The molecule has 2 rings (SSSR count). The number of alkyl halides is 3. The van der Waals surface area contributed by atoms with Crippen molar-refractivity contribution in [3.63, 3.8) is 0 Å². The molecule has 0 spiro atoms. The third-order valence-electron chi connectivity index (χ3n) is 3.60. The number of nitrogens with one attached hydrogen (secondary N) is 1. The fraction of sp³-hybridized carbons (Fsp3) is 0.400. The van der Waals surface area contributed by atoms with Crippen molar-refractivity contribution >= 4 is 5.69 Å². The van der Waals surface area contributed by atoms with E-state index >= 15 is 0 Å². The second kappa shape index (κ2) is 5.42. The highest BCUT2D eigenvalue weighted by atomic mass is 19.4. The Balaban J connectivity index is 2.35. The van der Waals surface area contributed by atoms with Crippen molar-refractivity contribution in [2.24, 2.45) is 7.05 Å². The summed E-state index contributed by atoms with van der Waals surface area (Å²) in [6.45, 7) is 5.43. The Kier molecular flexibility index (Phi) is 3.98. The van der Waals surface area contributed by atoms with Gasteiger partial charge in [0.2, 0.25) is 0 Å². The Morgan fingerprint density at radius 3 is 2.33 bits per heavy atom. The molecule has 0 aliphatic rings. The van der Waals surface area contributed by atoms with E-state index in [1.807, 2.05) is 20.9 Å². The molecule has 0 fully saturated rings. The summed E-state index contributed by atoms with van der Waals surface area (Å²) in [7, 11) is 1.81. The van der Waals surface area contributed by atoms with Crippen LogP contribution in [-0.4, -0.2) is 9.78 Å². The smallest absolute Gasteiger partial charge is 0.376 e. The van der Waals surface area contributed by atoms with Crippen molar-refractivity contribution in [3.05, 3.63) is 46.8 Å². The molecule has 6 heteroatoms. The second-order valence-electron chi connectivity index (χ2n) is 5.12. The highest BCUT2D eigenvalue weighted by molar-refractivity contribution is 5.54. The quantitative estimate of drug-likeness (QED) is 0.919. The van der Waals surface area contributed by atoms with Gasteiger partial charge in [0, 0.05) is 13.1 Å². The van der Waals surface area contributed by atoms with Gasteiger partial charge < -0.3 is 5.32 Å². The van der Waals surface area contributed by atoms with Gasteiger partial charge in [-0.25, -0.2) is 0 Å². The van der Waals surface area contributed by atoms with Crippen molar-refractivity contribution < 1.29 is 13.2 Å². The maximum absolute atomic E-state index is 13.1. The molecule has 114 valence electrons. The fourth-order valence-electron chi connectivity index (χ4n) is 2.41. The van der Waals surface area contributed by atoms with Crippen LogP contribution in [0.1, 0.15) is 35.5 Å². The van der Waals surface area contributed by atoms with Crippen LogP contribution in [0.4, 0.5) is 18.9 Å². The minimum Gasteiger partial charge on any atom is -0.376 e. The van der Waals surface area contributed by atoms with Gasteiger partial charge in [0.15, 0.2) is 0 Å². The highest BCUT2D eigenvalue weighted by Gasteiger charge is 2.34. The first-order chi connectivity index (χ1) is 9.71. The number of aromatic nitrogens is 2. The van der Waals surface area contributed by atoms with E-state index in [2.05, 4.69) is 10.4 Å². The first-order valence-electron chi connectivity index (χ1n) is 6.64. The fourth-order valence-corrected chi connectivity index (χ4v) is 2.41. The molecule has 21 heavy (non-hydrogen) atoms. The molecule has 1 atom stereocenters. The monoisotopic (exact) mass is 297 g/mol. The highest BCUT2D eigenvalue weighted by Crippen LogP contribution is 2.35. The van der Waals surface area contributed by atoms with Gasteiger partial charge in [-0.3, -0.25) is 4.68 Å². The predicted molar refractivity (Wildman–Crippen MR) is 76.2 cm³/mol. The Labute approximate surface area is 121 Å². The molecule has 2 aromatic rings. The van der Waals surface area contributed by atoms with Gasteiger partial charge in [0.25, 0.3) is 0 Å². The number of nitrogens with zero attached hydrogens (tertiary/aromatic N) is 2. The van der Waals surface area contributed by atoms with E-state index in [4.69, 9.17) is 0 Å². The Morgan fingerprint density at radius 1 is 1.19 bits per heavy atom. The predicted octanol–water partition coefficient (Wildman–Crippen LogP) is 4.23. The van der Waals surface area contributed by atoms with E-state index in [1.165, 1.54) is 12.1 Å². The molecule has 0 saturated carbocycles. The lowest BCUT2D eigenvalue weighted by atomic mass is 10.0. The standard InChI is InChI=1S/C15H18F3N3/c1-9(19-14-10(2)20-21(4)11(14)3)12-7-5-6-8-13(12)15(16,17)18/h5-9,19H,1-4H3. The average Bonchev–Trinajstić information content (AvgIpc) is 2.64. The average molecular weight is 297 g/mol. The lowest BCUT2D eigenvalue weighted by Gasteiger charge is -2.20. The first-order valence-corrected chi connectivity index (χ1v) is 6.64. The number of rotatable bonds is 3. The molecular weight excluding hydrogens is 279 g/mol. The first kappa shape index (κ1) is 15.4. The number of benzene rings is 1. The third-order valence-corrected chi connectivity index (χ3v) is 3.60. The number of anilines is 1. The van der Waals surface area contributed by atoms with Crippen LogP contribution in [0.15, 0.2) is 24.3 Å². The zero-order valence-electron chi connectivity index (χ0n) is 12.4. The molecule has 0 radical (unpaired) electrons. The van der Waals surface area contributed by atoms with Crippen LogP contribution in [-0.2, 0) is 13.2 Å². The minimum atomic E-state index is -4.36. The molecular formula is C15H18F3N3. The van der Waals surface area contributed by atoms with Gasteiger partial charge in [-0.05, 0) is 32.4 Å². The summed E-state index contributed by atoms with van der Waals surface area (Å²) in [5.74, 6) is 0. The minimum absolute atomic E-state index is 0.229. The summed E-state index contributed by atoms with van der Waals surface area (Å²) in [6, 6.07) is 5.16. The van der Waals surface area contributed by atoms with Crippen LogP contribution in [0.25, 0.3) is 0 Å². The summed E-state index contributed by atoms with van der Waals surface area (Å²) in [6.07, 6.45) is -4.36. The lowest BCUT2D eigenvalue weighted by molar-refractivity contribution is -0.138. The molecule has 0 amide bonds. The van der Waals surface area contributed by atoms with Crippen molar-refractivity contribution in [1.29, 1.82) is 0 Å². The van der Waals surface area contributed by atoms with Gasteiger partial charge in [0.05, 0.1) is 22.6 Å². The molecule has 0 saturated heterocycles. The van der Waals surface area contributed by atoms with Gasteiger partial charge in [0.1, 0.15) is 0 Å². The third kappa shape index (κ3) is 3.04. The van der Waals surface area contributed by atoms with Crippen molar-refractivity contribution in [3.8, 4) is 0 Å². The SMILES string of the molecule is Cc1nn(C)c(C)c1NC(C)c1ccccc1C(F)(F)F. The Bertz CT molecular complexity index is 644. The van der Waals surface area contributed by atoms with E-state index < -0.39 is 17.8 Å². The van der Waals surface area contributed by atoms with Crippen LogP contribution < -0.4 is 5.32 Å². The normalized spacial score (nSPS) is 13.3. The van der Waals surface area contributed by atoms with Crippen molar-refractivity contribution in [2.45, 2.75) is 33.0 Å². The molecule has 1 aromatic heterocycles. The largest absolute Gasteiger partial charge is 0.416 e. The molecule has 1 N–H and O–H groups in total. The molecule has 0 aliphatic carbocycles. The summed E-state index contributed by atoms with van der Waals surface area (Å²) >= 11 is 0. The molecule has 1 heterocycles. The zero-order chi connectivity index (χ0) is 15.8. The number of aryl methyl sites for hydroxylation is 2. The number of hydrogen-bond donors (Lipinski definition) is 1. The zero-order valence-corrected chi connectivity index (χ0v) is 12.4. The van der Waals surface area contributed by atoms with E-state index in [0.29, 0.717) is 0 Å². The maximum atomic E-state index is 13.1. The van der Waals surface area contributed by atoms with Gasteiger partial charge in [-0.15, -0.1) is 0 Å². The Hall–Kier alpha value is -1.98. The lowest BCUT2D eigenvalue weighted by Crippen LogP contribution is -2.15. The van der Waals surface area contributed by atoms with E-state index in [-0.39, 0.29) is 5.56 Å². The van der Waals surface area contributed by atoms with Gasteiger partial charge >= 0.3 is 6.18 Å². The Morgan fingerprint density at radius 2 is 1.81 bits per heavy atom. The van der Waals surface area contributed by atoms with E-state index in [9.17, 15) is 13.2 Å². The number of hydrogen-bond acceptors (Lipinski definition) is 2. The van der Waals surface area contributed by atoms with Gasteiger partial charge in [-0.2, -0.15) is 18.3 Å². The van der Waals surface area contributed by atoms with Gasteiger partial charge in [-0.1, -0.05) is 18.2 Å². The van der Waals surface area contributed by atoms with Crippen LogP contribution in [0.5, 0.6) is 0 Å².